The Morgan fingerprint density at radius 2 is 1.63 bits per heavy atom. The lowest BCUT2D eigenvalue weighted by atomic mass is 10.0. The molecular weight excluding hydrogens is 436 g/mol. The van der Waals surface area contributed by atoms with Gasteiger partial charge in [0.15, 0.2) is 0 Å². The molecule has 0 aliphatic carbocycles. The number of benzene rings is 3. The van der Waals surface area contributed by atoms with Crippen LogP contribution in [-0.4, -0.2) is 49.4 Å². The highest BCUT2D eigenvalue weighted by Gasteiger charge is 2.15. The highest BCUT2D eigenvalue weighted by atomic mass is 16.1. The van der Waals surface area contributed by atoms with Crippen LogP contribution in [0.2, 0.25) is 0 Å². The number of rotatable bonds is 7. The Bertz CT molecular complexity index is 1220. The second kappa shape index (κ2) is 10.7. The second-order valence-corrected chi connectivity index (χ2v) is 9.12. The number of hydrazone groups is 1. The SMILES string of the molecule is NC1=NN(c2cccc(C(=O)NCc3cccc(-c4cccc(CN5CCNCC5)c4)c3)c2)CC1. The van der Waals surface area contributed by atoms with E-state index in [2.05, 4.69) is 63.1 Å². The zero-order valence-electron chi connectivity index (χ0n) is 19.9. The van der Waals surface area contributed by atoms with Crippen molar-refractivity contribution >= 4 is 17.4 Å². The fraction of sp³-hybridized carbons (Fsp3) is 0.286. The Morgan fingerprint density at radius 1 is 0.914 bits per heavy atom. The molecule has 0 aromatic heterocycles. The lowest BCUT2D eigenvalue weighted by molar-refractivity contribution is 0.0951. The number of nitrogens with zero attached hydrogens (tertiary/aromatic N) is 3. The van der Waals surface area contributed by atoms with E-state index in [9.17, 15) is 4.79 Å². The third-order valence-electron chi connectivity index (χ3n) is 6.49. The van der Waals surface area contributed by atoms with E-state index in [1.165, 1.54) is 11.1 Å². The van der Waals surface area contributed by atoms with E-state index in [-0.39, 0.29) is 5.91 Å². The number of piperazine rings is 1. The maximum Gasteiger partial charge on any atom is 0.251 e. The largest absolute Gasteiger partial charge is 0.386 e. The van der Waals surface area contributed by atoms with Gasteiger partial charge in [0.05, 0.1) is 5.69 Å². The number of nitrogens with two attached hydrogens (primary N) is 1. The summed E-state index contributed by atoms with van der Waals surface area (Å²) in [6.07, 6.45) is 0.741. The van der Waals surface area contributed by atoms with Gasteiger partial charge < -0.3 is 16.4 Å². The summed E-state index contributed by atoms with van der Waals surface area (Å²) in [5, 5.41) is 12.6. The summed E-state index contributed by atoms with van der Waals surface area (Å²) in [5.74, 6) is 0.514. The maximum atomic E-state index is 12.8. The molecule has 180 valence electrons. The van der Waals surface area contributed by atoms with Crippen LogP contribution in [0.15, 0.2) is 77.9 Å². The van der Waals surface area contributed by atoms with Gasteiger partial charge in [-0.25, -0.2) is 0 Å². The molecule has 0 unspecified atom stereocenters. The van der Waals surface area contributed by atoms with E-state index in [1.54, 1.807) is 0 Å². The van der Waals surface area contributed by atoms with Gasteiger partial charge in [0.2, 0.25) is 0 Å². The van der Waals surface area contributed by atoms with Gasteiger partial charge in [-0.05, 0) is 52.6 Å². The first-order valence-electron chi connectivity index (χ1n) is 12.2. The third kappa shape index (κ3) is 5.88. The van der Waals surface area contributed by atoms with E-state index in [0.717, 1.165) is 62.5 Å². The number of hydrogen-bond donors (Lipinski definition) is 3. The quantitative estimate of drug-likeness (QED) is 0.496. The van der Waals surface area contributed by atoms with Gasteiger partial charge in [0.25, 0.3) is 5.91 Å². The molecular formula is C28H32N6O. The van der Waals surface area contributed by atoms with Gasteiger partial charge in [-0.15, -0.1) is 0 Å². The molecule has 0 atom stereocenters. The van der Waals surface area contributed by atoms with E-state index >= 15 is 0 Å². The summed E-state index contributed by atoms with van der Waals surface area (Å²) in [6.45, 7) is 6.45. The first-order chi connectivity index (χ1) is 17.1. The Hall–Kier alpha value is -3.68. The van der Waals surface area contributed by atoms with Gasteiger partial charge in [-0.3, -0.25) is 14.7 Å². The van der Waals surface area contributed by atoms with Crippen molar-refractivity contribution in [3.05, 3.63) is 89.5 Å². The topological polar surface area (TPSA) is 86.0 Å². The Morgan fingerprint density at radius 3 is 2.37 bits per heavy atom. The third-order valence-corrected chi connectivity index (χ3v) is 6.49. The second-order valence-electron chi connectivity index (χ2n) is 9.12. The van der Waals surface area contributed by atoms with Crippen LogP contribution < -0.4 is 21.4 Å². The van der Waals surface area contributed by atoms with Crippen molar-refractivity contribution in [1.82, 2.24) is 15.5 Å². The molecule has 0 saturated carbocycles. The lowest BCUT2D eigenvalue weighted by Crippen LogP contribution is -2.42. The predicted octanol–water partition coefficient (Wildman–Crippen LogP) is 3.17. The van der Waals surface area contributed by atoms with Crippen LogP contribution in [-0.2, 0) is 13.1 Å². The summed E-state index contributed by atoms with van der Waals surface area (Å²) < 4.78 is 0. The van der Waals surface area contributed by atoms with E-state index in [4.69, 9.17) is 5.73 Å². The molecule has 2 aliphatic rings. The number of anilines is 1. The van der Waals surface area contributed by atoms with Crippen molar-refractivity contribution in [3.63, 3.8) is 0 Å². The number of carbonyl (C=O) groups is 1. The number of amidine groups is 1. The van der Waals surface area contributed by atoms with Crippen LogP contribution in [0.5, 0.6) is 0 Å². The van der Waals surface area contributed by atoms with Gasteiger partial charge in [-0.2, -0.15) is 5.10 Å². The molecule has 2 heterocycles. The van der Waals surface area contributed by atoms with Gasteiger partial charge in [0.1, 0.15) is 5.84 Å². The van der Waals surface area contributed by atoms with Crippen molar-refractivity contribution in [1.29, 1.82) is 0 Å². The Balaban J connectivity index is 1.23. The smallest absolute Gasteiger partial charge is 0.251 e. The van der Waals surface area contributed by atoms with Gasteiger partial charge in [0, 0.05) is 57.8 Å². The summed E-state index contributed by atoms with van der Waals surface area (Å²) in [4.78, 5) is 15.3. The molecule has 0 radical (unpaired) electrons. The molecule has 4 N–H and O–H groups in total. The number of nitrogens with one attached hydrogen (secondary N) is 2. The predicted molar refractivity (Wildman–Crippen MR) is 141 cm³/mol. The van der Waals surface area contributed by atoms with Crippen LogP contribution in [0.3, 0.4) is 0 Å². The van der Waals surface area contributed by atoms with Crippen LogP contribution in [0.1, 0.15) is 27.9 Å². The van der Waals surface area contributed by atoms with E-state index < -0.39 is 0 Å². The maximum absolute atomic E-state index is 12.8. The minimum atomic E-state index is -0.105. The molecule has 0 spiro atoms. The van der Waals surface area contributed by atoms with Crippen molar-refractivity contribution in [3.8, 4) is 11.1 Å². The molecule has 5 rings (SSSR count). The van der Waals surface area contributed by atoms with Crippen LogP contribution in [0.25, 0.3) is 11.1 Å². The first kappa shape index (κ1) is 23.1. The zero-order valence-corrected chi connectivity index (χ0v) is 19.9. The Labute approximate surface area is 206 Å². The zero-order chi connectivity index (χ0) is 24.0. The molecule has 3 aromatic carbocycles. The fourth-order valence-electron chi connectivity index (χ4n) is 4.59. The van der Waals surface area contributed by atoms with Gasteiger partial charge >= 0.3 is 0 Å². The van der Waals surface area contributed by atoms with Gasteiger partial charge in [-0.1, -0.05) is 42.5 Å². The first-order valence-corrected chi connectivity index (χ1v) is 12.2. The van der Waals surface area contributed by atoms with Crippen molar-refractivity contribution in [2.45, 2.75) is 19.5 Å². The van der Waals surface area contributed by atoms with Crippen molar-refractivity contribution < 1.29 is 4.79 Å². The number of amides is 1. The summed E-state index contributed by atoms with van der Waals surface area (Å²) in [6, 6.07) is 24.6. The standard InChI is InChI=1S/C28H32N6O/c29-27-10-13-34(32-27)26-9-3-8-25(18-26)28(35)31-19-21-4-1-6-23(16-21)24-7-2-5-22(17-24)20-33-14-11-30-12-15-33/h1-9,16-18,30H,10-15,19-20H2,(H2,29,32)(H,31,35). The summed E-state index contributed by atoms with van der Waals surface area (Å²) in [5.41, 5.74) is 12.0. The monoisotopic (exact) mass is 468 g/mol. The molecule has 7 heteroatoms. The lowest BCUT2D eigenvalue weighted by Gasteiger charge is -2.27. The molecule has 1 saturated heterocycles. The van der Waals surface area contributed by atoms with Crippen LogP contribution in [0.4, 0.5) is 5.69 Å². The molecule has 3 aromatic rings. The molecule has 2 aliphatic heterocycles. The summed E-state index contributed by atoms with van der Waals surface area (Å²) >= 11 is 0. The van der Waals surface area contributed by atoms with Crippen LogP contribution >= 0.6 is 0 Å². The minimum absolute atomic E-state index is 0.105. The fourth-order valence-corrected chi connectivity index (χ4v) is 4.59. The van der Waals surface area contributed by atoms with E-state index in [1.807, 2.05) is 35.3 Å². The Kier molecular flexibility index (Phi) is 7.07. The molecule has 1 fully saturated rings. The number of carbonyl (C=O) groups excluding carboxylic acids is 1. The minimum Gasteiger partial charge on any atom is -0.386 e. The average Bonchev–Trinajstić information content (AvgIpc) is 3.34. The highest BCUT2D eigenvalue weighted by Crippen LogP contribution is 2.23. The van der Waals surface area contributed by atoms with Crippen molar-refractivity contribution in [2.75, 3.05) is 37.7 Å². The average molecular weight is 469 g/mol. The summed E-state index contributed by atoms with van der Waals surface area (Å²) in [7, 11) is 0. The highest BCUT2D eigenvalue weighted by molar-refractivity contribution is 5.95. The van der Waals surface area contributed by atoms with E-state index in [0.29, 0.717) is 17.9 Å². The normalized spacial score (nSPS) is 16.2. The number of hydrogen-bond acceptors (Lipinski definition) is 6. The molecule has 1 amide bonds. The van der Waals surface area contributed by atoms with Crippen LogP contribution in [0, 0.1) is 0 Å². The molecule has 7 nitrogen and oxygen atoms in total. The van der Waals surface area contributed by atoms with Crippen molar-refractivity contribution in [2.24, 2.45) is 10.8 Å². The molecule has 0 bridgehead atoms. The molecule has 35 heavy (non-hydrogen) atoms.